The average molecular weight is 214 g/mol. The van der Waals surface area contributed by atoms with Crippen molar-refractivity contribution in [2.75, 3.05) is 0 Å². The lowest BCUT2D eigenvalue weighted by Gasteiger charge is -2.20. The number of carboxylic acids is 1. The first-order valence-corrected chi connectivity index (χ1v) is 4.64. The van der Waals surface area contributed by atoms with Crippen molar-refractivity contribution in [1.82, 2.24) is 0 Å². The van der Waals surface area contributed by atoms with Crippen LogP contribution in [-0.2, 0) is 8.87 Å². The molecule has 13 heavy (non-hydrogen) atoms. The molecule has 0 saturated carbocycles. The first kappa shape index (κ1) is 10.5. The number of carbonyl (C=O) groups is 1. The Kier molecular flexibility index (Phi) is 3.27. The van der Waals surface area contributed by atoms with Gasteiger partial charge in [-0.05, 0) is 5.56 Å². The molecule has 0 aliphatic rings. The smallest absolute Gasteiger partial charge is 0.305 e. The van der Waals surface area contributed by atoms with Gasteiger partial charge < -0.3 is 5.11 Å². The molecule has 0 spiro atoms. The van der Waals surface area contributed by atoms with E-state index in [0.717, 1.165) is 5.56 Å². The highest BCUT2D eigenvalue weighted by molar-refractivity contribution is 7.99. The van der Waals surface area contributed by atoms with Gasteiger partial charge in [-0.25, -0.2) is 0 Å². The lowest BCUT2D eigenvalue weighted by molar-refractivity contribution is -0.137. The molecule has 0 radical (unpaired) electrons. The van der Waals surface area contributed by atoms with Crippen molar-refractivity contribution < 1.29 is 9.90 Å². The fraction of sp³-hybridized carbons (Fsp3) is 0.222. The minimum atomic E-state index is -0.908. The minimum Gasteiger partial charge on any atom is -0.481 e. The van der Waals surface area contributed by atoms with Gasteiger partial charge in [0.25, 0.3) is 0 Å². The molecule has 0 aliphatic carbocycles. The van der Waals surface area contributed by atoms with Crippen molar-refractivity contribution in [3.63, 3.8) is 0 Å². The molecule has 0 aliphatic heterocycles. The average Bonchev–Trinajstić information content (AvgIpc) is 2.04. The van der Waals surface area contributed by atoms with Crippen molar-refractivity contribution in [3.05, 3.63) is 35.9 Å². The van der Waals surface area contributed by atoms with E-state index >= 15 is 0 Å². The Balaban J connectivity index is 2.87. The molecule has 2 nitrogen and oxygen atoms in total. The monoisotopic (exact) mass is 214 g/mol. The summed E-state index contributed by atoms with van der Waals surface area (Å²) in [6.07, 6.45) is -0.108. The SMILES string of the molecule is O=C(O)CC(S)(S)c1ccccc1. The maximum atomic E-state index is 10.5. The Bertz CT molecular complexity index is 296. The van der Waals surface area contributed by atoms with Crippen LogP contribution in [0.25, 0.3) is 0 Å². The van der Waals surface area contributed by atoms with E-state index in [-0.39, 0.29) is 6.42 Å². The summed E-state index contributed by atoms with van der Waals surface area (Å²) in [5, 5.41) is 8.61. The van der Waals surface area contributed by atoms with E-state index in [1.165, 1.54) is 0 Å². The zero-order chi connectivity index (χ0) is 9.90. The maximum absolute atomic E-state index is 10.5. The lowest BCUT2D eigenvalue weighted by atomic mass is 10.1. The molecular weight excluding hydrogens is 204 g/mol. The van der Waals surface area contributed by atoms with E-state index in [9.17, 15) is 4.79 Å². The highest BCUT2D eigenvalue weighted by Gasteiger charge is 2.25. The topological polar surface area (TPSA) is 37.3 Å². The van der Waals surface area contributed by atoms with Gasteiger partial charge in [0, 0.05) is 0 Å². The second-order valence-electron chi connectivity index (χ2n) is 2.75. The molecule has 0 bridgehead atoms. The van der Waals surface area contributed by atoms with Gasteiger partial charge in [0.15, 0.2) is 0 Å². The quantitative estimate of drug-likeness (QED) is 0.533. The highest BCUT2D eigenvalue weighted by Crippen LogP contribution is 2.35. The molecule has 0 amide bonds. The molecule has 0 atom stereocenters. The van der Waals surface area contributed by atoms with Crippen LogP contribution in [0.15, 0.2) is 30.3 Å². The van der Waals surface area contributed by atoms with Gasteiger partial charge in [-0.2, -0.15) is 25.3 Å². The third-order valence-electron chi connectivity index (χ3n) is 1.63. The molecule has 0 saturated heterocycles. The predicted octanol–water partition coefficient (Wildman–Crippen LogP) is 2.17. The van der Waals surface area contributed by atoms with Gasteiger partial charge in [-0.15, -0.1) is 0 Å². The van der Waals surface area contributed by atoms with Crippen LogP contribution in [0, 0.1) is 0 Å². The van der Waals surface area contributed by atoms with E-state index < -0.39 is 10.0 Å². The zero-order valence-electron chi connectivity index (χ0n) is 6.84. The maximum Gasteiger partial charge on any atom is 0.305 e. The summed E-state index contributed by atoms with van der Waals surface area (Å²) in [4.78, 5) is 10.5. The normalized spacial score (nSPS) is 11.2. The Hall–Kier alpha value is -0.610. The van der Waals surface area contributed by atoms with E-state index in [2.05, 4.69) is 25.3 Å². The molecule has 1 N–H and O–H groups in total. The molecule has 0 heterocycles. The number of aliphatic carboxylic acids is 1. The molecule has 1 aromatic carbocycles. The first-order chi connectivity index (χ1) is 6.02. The Morgan fingerprint density at radius 2 is 1.85 bits per heavy atom. The standard InChI is InChI=1S/C9H10O2S2/c10-8(11)6-9(12,13)7-4-2-1-3-5-7/h1-5,12-13H,6H2,(H,10,11). The summed E-state index contributed by atoms with van der Waals surface area (Å²) in [6.45, 7) is 0. The Morgan fingerprint density at radius 3 is 2.31 bits per heavy atom. The van der Waals surface area contributed by atoms with Gasteiger partial charge in [0.05, 0.1) is 10.5 Å². The molecule has 1 rings (SSSR count). The van der Waals surface area contributed by atoms with Gasteiger partial charge in [0.1, 0.15) is 0 Å². The van der Waals surface area contributed by atoms with Crippen LogP contribution in [0.1, 0.15) is 12.0 Å². The van der Waals surface area contributed by atoms with E-state index in [1.807, 2.05) is 30.3 Å². The number of rotatable bonds is 3. The summed E-state index contributed by atoms with van der Waals surface area (Å²) in [5.41, 5.74) is 0.795. The van der Waals surface area contributed by atoms with Gasteiger partial charge in [-0.1, -0.05) is 30.3 Å². The van der Waals surface area contributed by atoms with Crippen LogP contribution in [0.4, 0.5) is 0 Å². The minimum absolute atomic E-state index is 0.108. The number of carboxylic acid groups (broad SMARTS) is 1. The molecule has 0 fully saturated rings. The van der Waals surface area contributed by atoms with Crippen LogP contribution < -0.4 is 0 Å². The summed E-state index contributed by atoms with van der Waals surface area (Å²) < 4.78 is -0.896. The molecular formula is C9H10O2S2. The molecule has 70 valence electrons. The predicted molar refractivity (Wildman–Crippen MR) is 58.3 cm³/mol. The van der Waals surface area contributed by atoms with Crippen molar-refractivity contribution in [3.8, 4) is 0 Å². The molecule has 1 aromatic rings. The fourth-order valence-corrected chi connectivity index (χ4v) is 1.59. The summed E-state index contributed by atoms with van der Waals surface area (Å²) >= 11 is 8.40. The van der Waals surface area contributed by atoms with Crippen LogP contribution >= 0.6 is 25.3 Å². The van der Waals surface area contributed by atoms with Gasteiger partial charge in [-0.3, -0.25) is 4.79 Å². The van der Waals surface area contributed by atoms with Crippen LogP contribution in [-0.4, -0.2) is 11.1 Å². The van der Waals surface area contributed by atoms with Crippen LogP contribution in [0.2, 0.25) is 0 Å². The van der Waals surface area contributed by atoms with Crippen LogP contribution in [0.3, 0.4) is 0 Å². The lowest BCUT2D eigenvalue weighted by Crippen LogP contribution is -2.15. The van der Waals surface area contributed by atoms with Crippen molar-refractivity contribution in [2.24, 2.45) is 0 Å². The van der Waals surface area contributed by atoms with E-state index in [1.54, 1.807) is 0 Å². The third-order valence-corrected chi connectivity index (χ3v) is 2.47. The zero-order valence-corrected chi connectivity index (χ0v) is 8.63. The third kappa shape index (κ3) is 2.97. The van der Waals surface area contributed by atoms with Gasteiger partial charge in [0.2, 0.25) is 0 Å². The Labute approximate surface area is 87.8 Å². The largest absolute Gasteiger partial charge is 0.481 e. The molecule has 4 heteroatoms. The Morgan fingerprint density at radius 1 is 1.31 bits per heavy atom. The van der Waals surface area contributed by atoms with Crippen molar-refractivity contribution in [1.29, 1.82) is 0 Å². The summed E-state index contributed by atoms with van der Waals surface area (Å²) in [5.74, 6) is -0.908. The molecule has 0 unspecified atom stereocenters. The number of hydrogen-bond acceptors (Lipinski definition) is 3. The highest BCUT2D eigenvalue weighted by atomic mass is 32.2. The summed E-state index contributed by atoms with van der Waals surface area (Å²) in [7, 11) is 0. The van der Waals surface area contributed by atoms with Gasteiger partial charge >= 0.3 is 5.97 Å². The number of thiol groups is 2. The summed E-state index contributed by atoms with van der Waals surface area (Å²) in [6, 6.07) is 9.14. The van der Waals surface area contributed by atoms with Crippen LogP contribution in [0.5, 0.6) is 0 Å². The number of hydrogen-bond donors (Lipinski definition) is 3. The fourth-order valence-electron chi connectivity index (χ4n) is 1.02. The second-order valence-corrected chi connectivity index (χ2v) is 4.63. The van der Waals surface area contributed by atoms with E-state index in [0.29, 0.717) is 0 Å². The van der Waals surface area contributed by atoms with E-state index in [4.69, 9.17) is 5.11 Å². The molecule has 0 aromatic heterocycles. The number of benzene rings is 1. The van der Waals surface area contributed by atoms with Crippen molar-refractivity contribution >= 4 is 31.2 Å². The second kappa shape index (κ2) is 4.07. The first-order valence-electron chi connectivity index (χ1n) is 3.74. The van der Waals surface area contributed by atoms with Crippen molar-refractivity contribution in [2.45, 2.75) is 10.5 Å².